The number of carbonyl (C=O) groups is 1. The van der Waals surface area contributed by atoms with Crippen molar-refractivity contribution in [1.29, 1.82) is 0 Å². The molecule has 100 valence electrons. The lowest BCUT2D eigenvalue weighted by molar-refractivity contribution is -0.116. The number of nitrogens with two attached hydrogens (primary N) is 1. The highest BCUT2D eigenvalue weighted by molar-refractivity contribution is 6.29. The fourth-order valence-corrected chi connectivity index (χ4v) is 1.81. The molecule has 18 heavy (non-hydrogen) atoms. The van der Waals surface area contributed by atoms with Crippen LogP contribution in [-0.4, -0.2) is 22.6 Å². The molecule has 1 aromatic heterocycles. The Morgan fingerprint density at radius 1 is 1.44 bits per heavy atom. The lowest BCUT2D eigenvalue weighted by Crippen LogP contribution is -2.15. The van der Waals surface area contributed by atoms with Gasteiger partial charge in [0.15, 0.2) is 11.0 Å². The van der Waals surface area contributed by atoms with Crippen molar-refractivity contribution in [2.75, 3.05) is 11.9 Å². The first-order valence-corrected chi connectivity index (χ1v) is 6.52. The van der Waals surface area contributed by atoms with E-state index in [0.29, 0.717) is 29.9 Å². The van der Waals surface area contributed by atoms with Crippen molar-refractivity contribution in [2.45, 2.75) is 32.6 Å². The number of amides is 1. The van der Waals surface area contributed by atoms with Crippen molar-refractivity contribution in [2.24, 2.45) is 11.7 Å². The predicted molar refractivity (Wildman–Crippen MR) is 72.4 cm³/mol. The zero-order valence-corrected chi connectivity index (χ0v) is 11.3. The Balaban J connectivity index is 2.35. The van der Waals surface area contributed by atoms with Gasteiger partial charge in [-0.05, 0) is 37.4 Å². The summed E-state index contributed by atoms with van der Waals surface area (Å²) in [6.07, 6.45) is 3.33. The molecular weight excluding hydrogens is 252 g/mol. The van der Waals surface area contributed by atoms with Crippen molar-refractivity contribution in [1.82, 2.24) is 10.2 Å². The smallest absolute Gasteiger partial charge is 0.225 e. The minimum atomic E-state index is -0.0536. The predicted octanol–water partition coefficient (Wildman–Crippen LogP) is 2.22. The number of hydrogen-bond donors (Lipinski definition) is 2. The van der Waals surface area contributed by atoms with Crippen molar-refractivity contribution in [3.63, 3.8) is 0 Å². The molecule has 0 bridgehead atoms. The van der Waals surface area contributed by atoms with Crippen LogP contribution in [0.1, 0.15) is 32.6 Å². The average Bonchev–Trinajstić information content (AvgIpc) is 2.37. The molecule has 0 aliphatic rings. The summed E-state index contributed by atoms with van der Waals surface area (Å²) in [6, 6.07) is 3.22. The summed E-state index contributed by atoms with van der Waals surface area (Å²) >= 11 is 5.61. The van der Waals surface area contributed by atoms with Crippen LogP contribution in [0.3, 0.4) is 0 Å². The Morgan fingerprint density at radius 3 is 2.78 bits per heavy atom. The van der Waals surface area contributed by atoms with Gasteiger partial charge in [0, 0.05) is 6.42 Å². The SMILES string of the molecule is CCC(CCN)CCC(=O)Nc1ccc(Cl)nn1. The van der Waals surface area contributed by atoms with Crippen LogP contribution in [0, 0.1) is 5.92 Å². The first-order valence-electron chi connectivity index (χ1n) is 6.14. The Labute approximate surface area is 112 Å². The third-order valence-corrected chi connectivity index (χ3v) is 3.03. The van der Waals surface area contributed by atoms with Crippen LogP contribution >= 0.6 is 11.6 Å². The van der Waals surface area contributed by atoms with E-state index in [1.807, 2.05) is 0 Å². The van der Waals surface area contributed by atoms with E-state index in [0.717, 1.165) is 19.3 Å². The van der Waals surface area contributed by atoms with Gasteiger partial charge >= 0.3 is 0 Å². The van der Waals surface area contributed by atoms with Crippen molar-refractivity contribution >= 4 is 23.3 Å². The average molecular weight is 271 g/mol. The summed E-state index contributed by atoms with van der Waals surface area (Å²) in [7, 11) is 0. The van der Waals surface area contributed by atoms with E-state index in [9.17, 15) is 4.79 Å². The number of anilines is 1. The molecule has 0 fully saturated rings. The summed E-state index contributed by atoms with van der Waals surface area (Å²) in [5.74, 6) is 0.885. The Bertz CT molecular complexity index is 369. The molecule has 0 aliphatic carbocycles. The minimum absolute atomic E-state index is 0.0536. The third kappa shape index (κ3) is 5.42. The molecule has 6 heteroatoms. The number of nitrogens with zero attached hydrogens (tertiary/aromatic N) is 2. The van der Waals surface area contributed by atoms with Gasteiger partial charge in [0.2, 0.25) is 5.91 Å². The summed E-state index contributed by atoms with van der Waals surface area (Å²) < 4.78 is 0. The molecule has 1 aromatic rings. The molecule has 0 saturated heterocycles. The highest BCUT2D eigenvalue weighted by Crippen LogP contribution is 2.15. The van der Waals surface area contributed by atoms with Gasteiger partial charge in [-0.15, -0.1) is 10.2 Å². The zero-order chi connectivity index (χ0) is 13.4. The Kier molecular flexibility index (Phi) is 6.60. The summed E-state index contributed by atoms with van der Waals surface area (Å²) in [4.78, 5) is 11.7. The van der Waals surface area contributed by atoms with Crippen molar-refractivity contribution < 1.29 is 4.79 Å². The van der Waals surface area contributed by atoms with Crippen LogP contribution in [0.5, 0.6) is 0 Å². The van der Waals surface area contributed by atoms with E-state index < -0.39 is 0 Å². The van der Waals surface area contributed by atoms with Gasteiger partial charge in [-0.3, -0.25) is 4.79 Å². The fraction of sp³-hybridized carbons (Fsp3) is 0.583. The van der Waals surface area contributed by atoms with Crippen molar-refractivity contribution in [3.8, 4) is 0 Å². The largest absolute Gasteiger partial charge is 0.330 e. The highest BCUT2D eigenvalue weighted by Gasteiger charge is 2.09. The second-order valence-corrected chi connectivity index (χ2v) is 4.57. The monoisotopic (exact) mass is 270 g/mol. The van der Waals surface area contributed by atoms with Crippen LogP contribution in [-0.2, 0) is 4.79 Å². The van der Waals surface area contributed by atoms with Gasteiger partial charge in [-0.2, -0.15) is 0 Å². The van der Waals surface area contributed by atoms with E-state index >= 15 is 0 Å². The number of nitrogens with one attached hydrogen (secondary N) is 1. The van der Waals surface area contributed by atoms with Gasteiger partial charge in [-0.1, -0.05) is 24.9 Å². The summed E-state index contributed by atoms with van der Waals surface area (Å²) in [5, 5.41) is 10.4. The first kappa shape index (κ1) is 14.9. The van der Waals surface area contributed by atoms with Gasteiger partial charge in [0.05, 0.1) is 0 Å². The molecule has 0 spiro atoms. The van der Waals surface area contributed by atoms with Gasteiger partial charge in [-0.25, -0.2) is 0 Å². The molecule has 1 heterocycles. The number of halogens is 1. The van der Waals surface area contributed by atoms with Gasteiger partial charge in [0.1, 0.15) is 0 Å². The maximum absolute atomic E-state index is 11.7. The Morgan fingerprint density at radius 2 is 2.22 bits per heavy atom. The molecule has 0 radical (unpaired) electrons. The summed E-state index contributed by atoms with van der Waals surface area (Å²) in [5.41, 5.74) is 5.52. The maximum atomic E-state index is 11.7. The molecule has 1 unspecified atom stereocenters. The molecule has 1 amide bonds. The van der Waals surface area contributed by atoms with Crippen molar-refractivity contribution in [3.05, 3.63) is 17.3 Å². The van der Waals surface area contributed by atoms with Crippen LogP contribution < -0.4 is 11.1 Å². The van der Waals surface area contributed by atoms with Crippen LogP contribution in [0.4, 0.5) is 5.82 Å². The quantitative estimate of drug-likeness (QED) is 0.796. The van der Waals surface area contributed by atoms with E-state index in [2.05, 4.69) is 22.4 Å². The lowest BCUT2D eigenvalue weighted by atomic mass is 9.96. The number of rotatable bonds is 7. The van der Waals surface area contributed by atoms with E-state index in [1.54, 1.807) is 12.1 Å². The molecule has 0 saturated carbocycles. The first-order chi connectivity index (χ1) is 8.65. The minimum Gasteiger partial charge on any atom is -0.330 e. The van der Waals surface area contributed by atoms with Gasteiger partial charge < -0.3 is 11.1 Å². The molecule has 1 atom stereocenters. The van der Waals surface area contributed by atoms with E-state index in [1.165, 1.54) is 0 Å². The highest BCUT2D eigenvalue weighted by atomic mass is 35.5. The lowest BCUT2D eigenvalue weighted by Gasteiger charge is -2.12. The zero-order valence-electron chi connectivity index (χ0n) is 10.5. The number of hydrogen-bond acceptors (Lipinski definition) is 4. The standard InChI is InChI=1S/C12H19ClN4O/c1-2-9(7-8-14)3-6-12(18)15-11-5-4-10(13)16-17-11/h4-5,9H,2-3,6-8,14H2,1H3,(H,15,17,18). The Hall–Kier alpha value is -1.20. The van der Waals surface area contributed by atoms with Crippen LogP contribution in [0.25, 0.3) is 0 Å². The number of carbonyl (C=O) groups excluding carboxylic acids is 1. The van der Waals surface area contributed by atoms with Crippen LogP contribution in [0.2, 0.25) is 5.15 Å². The molecule has 5 nitrogen and oxygen atoms in total. The molecule has 0 aliphatic heterocycles. The second-order valence-electron chi connectivity index (χ2n) is 4.18. The third-order valence-electron chi connectivity index (χ3n) is 2.83. The molecule has 3 N–H and O–H groups in total. The molecule has 0 aromatic carbocycles. The normalized spacial score (nSPS) is 12.2. The summed E-state index contributed by atoms with van der Waals surface area (Å²) in [6.45, 7) is 2.78. The van der Waals surface area contributed by atoms with E-state index in [4.69, 9.17) is 17.3 Å². The topological polar surface area (TPSA) is 80.9 Å². The number of aromatic nitrogens is 2. The second kappa shape index (κ2) is 8.00. The van der Waals surface area contributed by atoms with Crippen LogP contribution in [0.15, 0.2) is 12.1 Å². The molecule has 1 rings (SSSR count). The fourth-order valence-electron chi connectivity index (χ4n) is 1.71. The molecular formula is C12H19ClN4O. The van der Waals surface area contributed by atoms with Gasteiger partial charge in [0.25, 0.3) is 0 Å². The van der Waals surface area contributed by atoms with E-state index in [-0.39, 0.29) is 5.91 Å². The maximum Gasteiger partial charge on any atom is 0.225 e.